The smallest absolute Gasteiger partial charge is 0.235 e. The summed E-state index contributed by atoms with van der Waals surface area (Å²) in [7, 11) is -3.37. The van der Waals surface area contributed by atoms with Gasteiger partial charge in [0.2, 0.25) is 10.0 Å². The molecule has 1 unspecified atom stereocenters. The third-order valence-electron chi connectivity index (χ3n) is 3.46. The summed E-state index contributed by atoms with van der Waals surface area (Å²) in [5.41, 5.74) is 2.65. The van der Waals surface area contributed by atoms with Crippen LogP contribution in [0.15, 0.2) is 24.3 Å². The molecule has 1 saturated heterocycles. The van der Waals surface area contributed by atoms with Crippen LogP contribution in [0.25, 0.3) is 10.9 Å². The molecule has 1 atom stereocenters. The number of H-pyrrole nitrogens is 1. The van der Waals surface area contributed by atoms with Crippen LogP contribution < -0.4 is 4.72 Å². The van der Waals surface area contributed by atoms with E-state index in [0.717, 1.165) is 29.4 Å². The van der Waals surface area contributed by atoms with Crippen LogP contribution in [-0.2, 0) is 14.8 Å². The minimum atomic E-state index is -3.37. The fourth-order valence-corrected chi connectivity index (χ4v) is 3.90. The Kier molecular flexibility index (Phi) is 3.43. The fourth-order valence-electron chi connectivity index (χ4n) is 2.58. The molecule has 5 nitrogen and oxygen atoms in total. The Morgan fingerprint density at radius 3 is 3.00 bits per heavy atom. The van der Waals surface area contributed by atoms with Crippen molar-refractivity contribution in [2.45, 2.75) is 25.9 Å². The lowest BCUT2D eigenvalue weighted by Gasteiger charge is -2.12. The lowest BCUT2D eigenvalue weighted by atomic mass is 10.2. The molecule has 2 aromatic rings. The molecule has 2 N–H and O–H groups in total. The molecule has 0 radical (unpaired) electrons. The summed E-state index contributed by atoms with van der Waals surface area (Å²) in [5, 5.41) is 1.000. The summed E-state index contributed by atoms with van der Waals surface area (Å²) in [4.78, 5) is 3.21. The number of nitrogens with one attached hydrogen (secondary N) is 2. The number of benzene rings is 1. The van der Waals surface area contributed by atoms with Crippen LogP contribution >= 0.6 is 0 Å². The highest BCUT2D eigenvalue weighted by atomic mass is 32.2. The first-order valence-corrected chi connectivity index (χ1v) is 8.38. The summed E-state index contributed by atoms with van der Waals surface area (Å²) in [6.45, 7) is 2.63. The number of sulfonamides is 1. The van der Waals surface area contributed by atoms with Crippen molar-refractivity contribution in [2.24, 2.45) is 0 Å². The van der Waals surface area contributed by atoms with Crippen molar-refractivity contribution in [3.05, 3.63) is 30.0 Å². The number of aromatic nitrogens is 1. The minimum Gasteiger partial charge on any atom is -0.377 e. The molecule has 0 amide bonds. The maximum absolute atomic E-state index is 12.1. The van der Waals surface area contributed by atoms with Crippen LogP contribution in [0.3, 0.4) is 0 Å². The van der Waals surface area contributed by atoms with Gasteiger partial charge >= 0.3 is 0 Å². The largest absolute Gasteiger partial charge is 0.377 e. The summed E-state index contributed by atoms with van der Waals surface area (Å²) < 4.78 is 32.2. The SMILES string of the molecule is Cc1cc2cc(NS(=O)(=O)CC3CCCO3)ccc2[nH]1. The number of aryl methyl sites for hydroxylation is 1. The second kappa shape index (κ2) is 5.10. The Morgan fingerprint density at radius 1 is 1.40 bits per heavy atom. The third-order valence-corrected chi connectivity index (χ3v) is 4.82. The summed E-state index contributed by atoms with van der Waals surface area (Å²) in [6, 6.07) is 7.48. The van der Waals surface area contributed by atoms with E-state index in [9.17, 15) is 8.42 Å². The number of aromatic amines is 1. The molecule has 3 rings (SSSR count). The van der Waals surface area contributed by atoms with E-state index in [1.54, 1.807) is 6.07 Å². The zero-order valence-electron chi connectivity index (χ0n) is 11.3. The summed E-state index contributed by atoms with van der Waals surface area (Å²) in [5.74, 6) is 0.0250. The summed E-state index contributed by atoms with van der Waals surface area (Å²) in [6.07, 6.45) is 1.58. The Morgan fingerprint density at radius 2 is 2.25 bits per heavy atom. The first kappa shape index (κ1) is 13.5. The number of rotatable bonds is 4. The molecule has 1 aromatic heterocycles. The van der Waals surface area contributed by atoms with E-state index < -0.39 is 10.0 Å². The van der Waals surface area contributed by atoms with Crippen LogP contribution in [0.4, 0.5) is 5.69 Å². The number of hydrogen-bond acceptors (Lipinski definition) is 3. The Bertz CT molecular complexity index is 715. The van der Waals surface area contributed by atoms with Crippen molar-refractivity contribution in [1.82, 2.24) is 4.98 Å². The highest BCUT2D eigenvalue weighted by Crippen LogP contribution is 2.21. The van der Waals surface area contributed by atoms with Gasteiger partial charge in [0, 0.05) is 28.9 Å². The lowest BCUT2D eigenvalue weighted by molar-refractivity contribution is 0.127. The maximum atomic E-state index is 12.1. The first-order chi connectivity index (χ1) is 9.52. The van der Waals surface area contributed by atoms with Crippen molar-refractivity contribution in [3.8, 4) is 0 Å². The van der Waals surface area contributed by atoms with Gasteiger partial charge in [-0.3, -0.25) is 4.72 Å². The highest BCUT2D eigenvalue weighted by molar-refractivity contribution is 7.92. The predicted octanol–water partition coefficient (Wildman–Crippen LogP) is 2.40. The van der Waals surface area contributed by atoms with Gasteiger partial charge in [-0.05, 0) is 44.0 Å². The average Bonchev–Trinajstić information content (AvgIpc) is 2.95. The van der Waals surface area contributed by atoms with Gasteiger partial charge in [0.25, 0.3) is 0 Å². The van der Waals surface area contributed by atoms with Crippen molar-refractivity contribution in [2.75, 3.05) is 17.1 Å². The zero-order chi connectivity index (χ0) is 14.2. The van der Waals surface area contributed by atoms with E-state index in [4.69, 9.17) is 4.74 Å². The van der Waals surface area contributed by atoms with E-state index >= 15 is 0 Å². The van der Waals surface area contributed by atoms with E-state index in [1.165, 1.54) is 0 Å². The molecule has 1 aliphatic rings. The molecule has 0 spiro atoms. The fraction of sp³-hybridized carbons (Fsp3) is 0.429. The number of ether oxygens (including phenoxy) is 1. The van der Waals surface area contributed by atoms with Gasteiger partial charge in [0.1, 0.15) is 0 Å². The van der Waals surface area contributed by atoms with Gasteiger partial charge in [-0.1, -0.05) is 0 Å². The quantitative estimate of drug-likeness (QED) is 0.909. The van der Waals surface area contributed by atoms with Crippen LogP contribution in [0.2, 0.25) is 0 Å². The van der Waals surface area contributed by atoms with E-state index in [1.807, 2.05) is 25.1 Å². The molecule has 1 aliphatic heterocycles. The van der Waals surface area contributed by atoms with Crippen molar-refractivity contribution in [1.29, 1.82) is 0 Å². The Hall–Kier alpha value is -1.53. The normalized spacial score (nSPS) is 19.6. The first-order valence-electron chi connectivity index (χ1n) is 6.73. The Labute approximate surface area is 118 Å². The van der Waals surface area contributed by atoms with E-state index in [2.05, 4.69) is 9.71 Å². The van der Waals surface area contributed by atoms with Crippen molar-refractivity contribution >= 4 is 26.6 Å². The molecular formula is C14H18N2O3S. The molecule has 1 fully saturated rings. The molecule has 0 bridgehead atoms. The predicted molar refractivity (Wildman–Crippen MR) is 79.4 cm³/mol. The maximum Gasteiger partial charge on any atom is 0.235 e. The van der Waals surface area contributed by atoms with Crippen molar-refractivity contribution < 1.29 is 13.2 Å². The van der Waals surface area contributed by atoms with Gasteiger partial charge in [-0.2, -0.15) is 0 Å². The number of fused-ring (bicyclic) bond motifs is 1. The van der Waals surface area contributed by atoms with Gasteiger partial charge in [0.05, 0.1) is 11.9 Å². The van der Waals surface area contributed by atoms with E-state index in [0.29, 0.717) is 12.3 Å². The minimum absolute atomic E-state index is 0.0250. The molecule has 1 aromatic carbocycles. The summed E-state index contributed by atoms with van der Waals surface area (Å²) >= 11 is 0. The average molecular weight is 294 g/mol. The molecular weight excluding hydrogens is 276 g/mol. The van der Waals surface area contributed by atoms with Crippen LogP contribution in [0.5, 0.6) is 0 Å². The van der Waals surface area contributed by atoms with Crippen LogP contribution in [-0.4, -0.2) is 31.9 Å². The Balaban J connectivity index is 1.77. The third kappa shape index (κ3) is 2.96. The molecule has 6 heteroatoms. The standard InChI is InChI=1S/C14H18N2O3S/c1-10-7-11-8-12(4-5-14(11)15-10)16-20(17,18)9-13-3-2-6-19-13/h4-5,7-8,13,15-16H,2-3,6,9H2,1H3. The lowest BCUT2D eigenvalue weighted by Crippen LogP contribution is -2.25. The second-order valence-electron chi connectivity index (χ2n) is 5.27. The number of hydrogen-bond donors (Lipinski definition) is 2. The van der Waals surface area contributed by atoms with Gasteiger partial charge in [0.15, 0.2) is 0 Å². The number of anilines is 1. The topological polar surface area (TPSA) is 71.2 Å². The van der Waals surface area contributed by atoms with Crippen molar-refractivity contribution in [3.63, 3.8) is 0 Å². The van der Waals surface area contributed by atoms with Gasteiger partial charge < -0.3 is 9.72 Å². The molecule has 20 heavy (non-hydrogen) atoms. The van der Waals surface area contributed by atoms with Gasteiger partial charge in [-0.25, -0.2) is 8.42 Å². The molecule has 108 valence electrons. The monoisotopic (exact) mass is 294 g/mol. The van der Waals surface area contributed by atoms with E-state index in [-0.39, 0.29) is 11.9 Å². The second-order valence-corrected chi connectivity index (χ2v) is 7.04. The molecule has 2 heterocycles. The van der Waals surface area contributed by atoms with Crippen LogP contribution in [0.1, 0.15) is 18.5 Å². The zero-order valence-corrected chi connectivity index (χ0v) is 12.2. The van der Waals surface area contributed by atoms with Crippen LogP contribution in [0, 0.1) is 6.92 Å². The molecule has 0 aliphatic carbocycles. The highest BCUT2D eigenvalue weighted by Gasteiger charge is 2.23. The molecule has 0 saturated carbocycles. The van der Waals surface area contributed by atoms with Gasteiger partial charge in [-0.15, -0.1) is 0 Å².